The van der Waals surface area contributed by atoms with Crippen LogP contribution in [0, 0.1) is 0 Å². The summed E-state index contributed by atoms with van der Waals surface area (Å²) < 4.78 is 5.99. The summed E-state index contributed by atoms with van der Waals surface area (Å²) in [6.45, 7) is 6.68. The highest BCUT2D eigenvalue weighted by atomic mass is 16.5. The van der Waals surface area contributed by atoms with E-state index in [1.54, 1.807) is 0 Å². The number of aliphatic carboxylic acids is 2. The summed E-state index contributed by atoms with van der Waals surface area (Å²) in [6, 6.07) is 6.42. The Kier molecular flexibility index (Phi) is 11.9. The molecule has 32 heavy (non-hydrogen) atoms. The second-order valence-corrected chi connectivity index (χ2v) is 7.93. The number of aryl methyl sites for hydroxylation is 1. The number of nitrogens with one attached hydrogen (secondary N) is 1. The van der Waals surface area contributed by atoms with Crippen LogP contribution in [0.25, 0.3) is 0 Å². The van der Waals surface area contributed by atoms with Gasteiger partial charge in [-0.3, -0.25) is 0 Å². The molecule has 178 valence electrons. The van der Waals surface area contributed by atoms with Crippen LogP contribution in [-0.2, 0) is 22.4 Å². The molecule has 0 unspecified atom stereocenters. The van der Waals surface area contributed by atoms with Crippen molar-refractivity contribution in [1.29, 1.82) is 0 Å². The number of carbonyl (C=O) groups excluding carboxylic acids is 1. The van der Waals surface area contributed by atoms with Gasteiger partial charge >= 0.3 is 18.0 Å². The third kappa shape index (κ3) is 10.3. The molecule has 0 spiro atoms. The summed E-state index contributed by atoms with van der Waals surface area (Å²) in [5, 5.41) is 18.6. The Bertz CT molecular complexity index is 776. The lowest BCUT2D eigenvalue weighted by atomic mass is 10.1. The van der Waals surface area contributed by atoms with Gasteiger partial charge in [0.05, 0.1) is 6.54 Å². The van der Waals surface area contributed by atoms with Crippen molar-refractivity contribution >= 4 is 18.0 Å². The molecular formula is C23H35N3O6. The summed E-state index contributed by atoms with van der Waals surface area (Å²) in [7, 11) is 4.00. The summed E-state index contributed by atoms with van der Waals surface area (Å²) in [5.74, 6) is -1.53. The zero-order valence-electron chi connectivity index (χ0n) is 19.3. The van der Waals surface area contributed by atoms with Crippen LogP contribution in [0.5, 0.6) is 5.75 Å². The van der Waals surface area contributed by atoms with Gasteiger partial charge in [0.25, 0.3) is 0 Å². The van der Waals surface area contributed by atoms with E-state index in [2.05, 4.69) is 22.3 Å². The van der Waals surface area contributed by atoms with Crippen molar-refractivity contribution in [2.45, 2.75) is 39.2 Å². The Morgan fingerprint density at radius 1 is 1.09 bits per heavy atom. The molecule has 2 amide bonds. The minimum absolute atomic E-state index is 0.0197. The number of hydrogen-bond donors (Lipinski definition) is 3. The van der Waals surface area contributed by atoms with Gasteiger partial charge < -0.3 is 30.1 Å². The van der Waals surface area contributed by atoms with Gasteiger partial charge in [-0.05, 0) is 64.4 Å². The summed E-state index contributed by atoms with van der Waals surface area (Å²) in [6.07, 6.45) is 4.58. The second-order valence-electron chi connectivity index (χ2n) is 7.93. The number of amides is 2. The van der Waals surface area contributed by atoms with Crippen molar-refractivity contribution in [3.05, 3.63) is 41.5 Å². The first-order valence-corrected chi connectivity index (χ1v) is 10.7. The van der Waals surface area contributed by atoms with Crippen LogP contribution >= 0.6 is 0 Å². The van der Waals surface area contributed by atoms with E-state index in [0.717, 1.165) is 25.1 Å². The molecule has 2 rings (SSSR count). The summed E-state index contributed by atoms with van der Waals surface area (Å²) in [5.41, 5.74) is 2.76. The van der Waals surface area contributed by atoms with Crippen molar-refractivity contribution < 1.29 is 29.3 Å². The van der Waals surface area contributed by atoms with Crippen LogP contribution in [0.1, 0.15) is 31.4 Å². The molecule has 0 aromatic heterocycles. The highest BCUT2D eigenvalue weighted by Gasteiger charge is 2.18. The van der Waals surface area contributed by atoms with Crippen LogP contribution in [-0.4, -0.2) is 84.4 Å². The Labute approximate surface area is 189 Å². The molecule has 1 aromatic rings. The zero-order valence-corrected chi connectivity index (χ0v) is 19.3. The Hall–Kier alpha value is -3.07. The number of carboxylic acids is 2. The molecule has 1 aromatic carbocycles. The number of rotatable bonds is 10. The topological polar surface area (TPSA) is 119 Å². The normalized spacial score (nSPS) is 12.3. The maximum absolute atomic E-state index is 12.3. The van der Waals surface area contributed by atoms with E-state index >= 15 is 0 Å². The first-order chi connectivity index (χ1) is 15.1. The molecule has 0 saturated carbocycles. The van der Waals surface area contributed by atoms with Crippen molar-refractivity contribution in [2.24, 2.45) is 0 Å². The highest BCUT2D eigenvalue weighted by molar-refractivity contribution is 5.89. The Morgan fingerprint density at radius 3 is 2.31 bits per heavy atom. The van der Waals surface area contributed by atoms with E-state index in [1.165, 1.54) is 17.5 Å². The molecule has 3 N–H and O–H groups in total. The minimum Gasteiger partial charge on any atom is -0.491 e. The maximum Gasteiger partial charge on any atom is 0.328 e. The maximum atomic E-state index is 12.3. The molecular weight excluding hydrogens is 414 g/mol. The molecule has 9 heteroatoms. The SMILES string of the molecule is CC(C)N(CCOc1cccc2c1CCC2)C(=O)NCCN(C)C.O=C(O)/C=C\C(=O)O. The fourth-order valence-corrected chi connectivity index (χ4v) is 3.20. The monoisotopic (exact) mass is 449 g/mol. The van der Waals surface area contributed by atoms with E-state index in [4.69, 9.17) is 14.9 Å². The molecule has 0 heterocycles. The number of nitrogens with zero attached hydrogens (tertiary/aromatic N) is 2. The highest BCUT2D eigenvalue weighted by Crippen LogP contribution is 2.30. The minimum atomic E-state index is -1.26. The van der Waals surface area contributed by atoms with Crippen molar-refractivity contribution in [3.8, 4) is 5.75 Å². The van der Waals surface area contributed by atoms with E-state index in [1.807, 2.05) is 38.9 Å². The molecule has 0 bridgehead atoms. The number of likely N-dealkylation sites (N-methyl/N-ethyl adjacent to an activating group) is 1. The van der Waals surface area contributed by atoms with Crippen molar-refractivity contribution in [1.82, 2.24) is 15.1 Å². The van der Waals surface area contributed by atoms with Gasteiger partial charge in [0.1, 0.15) is 12.4 Å². The van der Waals surface area contributed by atoms with E-state index < -0.39 is 11.9 Å². The van der Waals surface area contributed by atoms with Gasteiger partial charge in [-0.25, -0.2) is 14.4 Å². The van der Waals surface area contributed by atoms with Gasteiger partial charge in [0.15, 0.2) is 0 Å². The number of urea groups is 1. The number of carbonyl (C=O) groups is 3. The predicted molar refractivity (Wildman–Crippen MR) is 122 cm³/mol. The Balaban J connectivity index is 0.000000547. The number of ether oxygens (including phenoxy) is 1. The first kappa shape index (κ1) is 27.0. The average molecular weight is 450 g/mol. The molecule has 0 atom stereocenters. The van der Waals surface area contributed by atoms with Crippen LogP contribution in [0.4, 0.5) is 4.79 Å². The van der Waals surface area contributed by atoms with Crippen LogP contribution in [0.3, 0.4) is 0 Å². The smallest absolute Gasteiger partial charge is 0.328 e. The van der Waals surface area contributed by atoms with Crippen LogP contribution < -0.4 is 10.1 Å². The van der Waals surface area contributed by atoms with E-state index in [9.17, 15) is 14.4 Å². The standard InChI is InChI=1S/C19H31N3O2.C4H4O4/c1-15(2)22(19(23)20-11-12-21(3)4)13-14-24-18-10-6-8-16-7-5-9-17(16)18;5-3(6)1-2-4(7)8/h6,8,10,15H,5,7,9,11-14H2,1-4H3,(H,20,23);1-2H,(H,5,6)(H,7,8)/b;2-1-. The van der Waals surface area contributed by atoms with Gasteiger partial charge in [-0.15, -0.1) is 0 Å². The van der Waals surface area contributed by atoms with Gasteiger partial charge in [0.2, 0.25) is 0 Å². The van der Waals surface area contributed by atoms with E-state index in [-0.39, 0.29) is 12.1 Å². The predicted octanol–water partition coefficient (Wildman–Crippen LogP) is 2.25. The lowest BCUT2D eigenvalue weighted by Gasteiger charge is -2.27. The first-order valence-electron chi connectivity index (χ1n) is 10.7. The number of fused-ring (bicyclic) bond motifs is 1. The van der Waals surface area contributed by atoms with Crippen molar-refractivity contribution in [2.75, 3.05) is 40.3 Å². The average Bonchev–Trinajstić information content (AvgIpc) is 3.19. The third-order valence-electron chi connectivity index (χ3n) is 4.78. The van der Waals surface area contributed by atoms with E-state index in [0.29, 0.717) is 31.8 Å². The third-order valence-corrected chi connectivity index (χ3v) is 4.78. The summed E-state index contributed by atoms with van der Waals surface area (Å²) >= 11 is 0. The van der Waals surface area contributed by atoms with Gasteiger partial charge in [0, 0.05) is 31.3 Å². The van der Waals surface area contributed by atoms with Gasteiger partial charge in [-0.1, -0.05) is 12.1 Å². The fourth-order valence-electron chi connectivity index (χ4n) is 3.20. The lowest BCUT2D eigenvalue weighted by molar-refractivity contribution is -0.134. The Morgan fingerprint density at radius 2 is 1.75 bits per heavy atom. The van der Waals surface area contributed by atoms with Crippen molar-refractivity contribution in [3.63, 3.8) is 0 Å². The molecule has 0 saturated heterocycles. The number of hydrogen-bond acceptors (Lipinski definition) is 5. The molecule has 1 aliphatic rings. The quantitative estimate of drug-likeness (QED) is 0.469. The lowest BCUT2D eigenvalue weighted by Crippen LogP contribution is -2.47. The molecule has 1 aliphatic carbocycles. The number of benzene rings is 1. The van der Waals surface area contributed by atoms with Crippen LogP contribution in [0.15, 0.2) is 30.4 Å². The summed E-state index contributed by atoms with van der Waals surface area (Å²) in [4.78, 5) is 35.3. The second kappa shape index (κ2) is 14.1. The molecule has 0 radical (unpaired) electrons. The molecule has 9 nitrogen and oxygen atoms in total. The molecule has 0 fully saturated rings. The zero-order chi connectivity index (χ0) is 24.1. The largest absolute Gasteiger partial charge is 0.491 e. The van der Waals surface area contributed by atoms with Gasteiger partial charge in [-0.2, -0.15) is 0 Å². The molecule has 0 aliphatic heterocycles. The number of carboxylic acid groups (broad SMARTS) is 2. The fraction of sp³-hybridized carbons (Fsp3) is 0.522. The van der Waals surface area contributed by atoms with Crippen LogP contribution in [0.2, 0.25) is 0 Å².